The Morgan fingerprint density at radius 2 is 1.38 bits per heavy atom. The van der Waals surface area contributed by atoms with Crippen molar-refractivity contribution in [2.75, 3.05) is 13.2 Å². The molecule has 0 saturated heterocycles. The summed E-state index contributed by atoms with van der Waals surface area (Å²) in [6.07, 6.45) is 5.19. The van der Waals surface area contributed by atoms with Gasteiger partial charge in [-0.3, -0.25) is 0 Å². The third-order valence-corrected chi connectivity index (χ3v) is 7.28. The molecule has 0 aliphatic heterocycles. The lowest BCUT2D eigenvalue weighted by molar-refractivity contribution is -0.139. The largest absolute Gasteiger partial charge is 0.462 e. The Balaban J connectivity index is 1.42. The first-order chi connectivity index (χ1) is 19.4. The topological polar surface area (TPSA) is 46.5 Å². The Hall–Kier alpha value is -3.73. The number of ether oxygens (including phenoxy) is 1. The van der Waals surface area contributed by atoms with Gasteiger partial charge in [-0.15, -0.1) is 0 Å². The van der Waals surface area contributed by atoms with Crippen molar-refractivity contribution in [3.8, 4) is 33.4 Å². The molecule has 3 nitrogen and oxygen atoms in total. The van der Waals surface area contributed by atoms with Crippen LogP contribution in [0, 0.1) is 5.82 Å². The normalized spacial score (nSPS) is 10.9. The standard InChI is InChI=1S/C35H34ClFO3/c1-3-4-5-6-25-7-10-27(11-8-25)28-12-14-29(15-13-28)30-16-18-31(33(36)22-30)32-17-9-26(21-34(32)37)19-20-40-35(39)24(2)23-38/h7-18,21-22,38H,2-6,19-20,23H2,1H3. The van der Waals surface area contributed by atoms with Crippen LogP contribution in [0.15, 0.2) is 97.1 Å². The van der Waals surface area contributed by atoms with Crippen molar-refractivity contribution in [3.63, 3.8) is 0 Å². The van der Waals surface area contributed by atoms with Crippen LogP contribution in [0.3, 0.4) is 0 Å². The van der Waals surface area contributed by atoms with E-state index in [9.17, 15) is 4.79 Å². The van der Waals surface area contributed by atoms with E-state index in [0.29, 0.717) is 28.1 Å². The summed E-state index contributed by atoms with van der Waals surface area (Å²) < 4.78 is 20.0. The van der Waals surface area contributed by atoms with Gasteiger partial charge in [0.25, 0.3) is 0 Å². The molecular formula is C35H34ClFO3. The molecule has 0 aliphatic rings. The molecule has 0 saturated carbocycles. The van der Waals surface area contributed by atoms with Crippen LogP contribution in [-0.4, -0.2) is 24.3 Å². The molecule has 0 aromatic heterocycles. The van der Waals surface area contributed by atoms with E-state index >= 15 is 4.39 Å². The lowest BCUT2D eigenvalue weighted by Crippen LogP contribution is -2.12. The number of esters is 1. The minimum atomic E-state index is -0.659. The van der Waals surface area contributed by atoms with Crippen LogP contribution in [0.1, 0.15) is 37.3 Å². The van der Waals surface area contributed by atoms with Gasteiger partial charge in [0.15, 0.2) is 0 Å². The van der Waals surface area contributed by atoms with Gasteiger partial charge < -0.3 is 9.84 Å². The number of unbranched alkanes of at least 4 members (excludes halogenated alkanes) is 2. The van der Waals surface area contributed by atoms with Crippen LogP contribution in [0.4, 0.5) is 4.39 Å². The van der Waals surface area contributed by atoms with Gasteiger partial charge in [0.1, 0.15) is 5.82 Å². The fraction of sp³-hybridized carbons (Fsp3) is 0.229. The summed E-state index contributed by atoms with van der Waals surface area (Å²) >= 11 is 6.62. The molecule has 5 heteroatoms. The third-order valence-electron chi connectivity index (χ3n) is 6.97. The maximum atomic E-state index is 15.0. The van der Waals surface area contributed by atoms with E-state index in [1.54, 1.807) is 12.1 Å². The summed E-state index contributed by atoms with van der Waals surface area (Å²) in [6, 6.07) is 27.7. The van der Waals surface area contributed by atoms with Crippen molar-refractivity contribution in [2.24, 2.45) is 0 Å². The maximum absolute atomic E-state index is 15.0. The molecule has 0 amide bonds. The Labute approximate surface area is 240 Å². The van der Waals surface area contributed by atoms with Crippen molar-refractivity contribution < 1.29 is 19.0 Å². The highest BCUT2D eigenvalue weighted by molar-refractivity contribution is 6.33. The van der Waals surface area contributed by atoms with Crippen molar-refractivity contribution in [1.29, 1.82) is 0 Å². The summed E-state index contributed by atoms with van der Waals surface area (Å²) in [5.41, 5.74) is 7.38. The molecule has 4 aromatic rings. The number of carbonyl (C=O) groups is 1. The summed E-state index contributed by atoms with van der Waals surface area (Å²) in [7, 11) is 0. The smallest absolute Gasteiger partial charge is 0.335 e. The van der Waals surface area contributed by atoms with E-state index < -0.39 is 18.4 Å². The van der Waals surface area contributed by atoms with Crippen molar-refractivity contribution in [2.45, 2.75) is 39.0 Å². The zero-order valence-corrected chi connectivity index (χ0v) is 23.5. The quantitative estimate of drug-likeness (QED) is 0.108. The number of carbonyl (C=O) groups excluding carboxylic acids is 1. The first-order valence-corrected chi connectivity index (χ1v) is 14.0. The Morgan fingerprint density at radius 1 is 0.800 bits per heavy atom. The molecule has 0 fully saturated rings. The van der Waals surface area contributed by atoms with Gasteiger partial charge in [0.05, 0.1) is 18.8 Å². The third kappa shape index (κ3) is 7.47. The molecule has 0 aliphatic carbocycles. The Morgan fingerprint density at radius 3 is 1.98 bits per heavy atom. The predicted molar refractivity (Wildman–Crippen MR) is 162 cm³/mol. The Kier molecular flexibility index (Phi) is 10.3. The van der Waals surface area contributed by atoms with Crippen LogP contribution in [0.5, 0.6) is 0 Å². The molecule has 0 unspecified atom stereocenters. The monoisotopic (exact) mass is 556 g/mol. The van der Waals surface area contributed by atoms with Crippen molar-refractivity contribution >= 4 is 17.6 Å². The lowest BCUT2D eigenvalue weighted by atomic mass is 9.96. The number of aryl methyl sites for hydroxylation is 1. The minimum absolute atomic E-state index is 0.0154. The number of benzene rings is 4. The molecule has 0 radical (unpaired) electrons. The number of halogens is 2. The summed E-state index contributed by atoms with van der Waals surface area (Å²) in [5.74, 6) is -1.06. The van der Waals surface area contributed by atoms with E-state index in [1.165, 1.54) is 36.5 Å². The van der Waals surface area contributed by atoms with Crippen LogP contribution >= 0.6 is 11.6 Å². The minimum Gasteiger partial charge on any atom is -0.462 e. The molecule has 4 rings (SSSR count). The molecule has 40 heavy (non-hydrogen) atoms. The van der Waals surface area contributed by atoms with Gasteiger partial charge in [-0.05, 0) is 58.4 Å². The van der Waals surface area contributed by atoms with Crippen LogP contribution < -0.4 is 0 Å². The number of aliphatic hydroxyl groups is 1. The second-order valence-corrected chi connectivity index (χ2v) is 10.3. The fourth-order valence-electron chi connectivity index (χ4n) is 4.57. The van der Waals surface area contributed by atoms with E-state index in [-0.39, 0.29) is 12.2 Å². The van der Waals surface area contributed by atoms with E-state index in [1.807, 2.05) is 18.2 Å². The number of aliphatic hydroxyl groups excluding tert-OH is 1. The highest BCUT2D eigenvalue weighted by Crippen LogP contribution is 2.34. The molecule has 0 bridgehead atoms. The van der Waals surface area contributed by atoms with E-state index in [0.717, 1.165) is 23.1 Å². The summed E-state index contributed by atoms with van der Waals surface area (Å²) in [5, 5.41) is 9.39. The van der Waals surface area contributed by atoms with Gasteiger partial charge in [-0.2, -0.15) is 0 Å². The zero-order valence-electron chi connectivity index (χ0n) is 22.8. The lowest BCUT2D eigenvalue weighted by Gasteiger charge is -2.11. The van der Waals surface area contributed by atoms with Crippen LogP contribution in [0.2, 0.25) is 5.02 Å². The predicted octanol–water partition coefficient (Wildman–Crippen LogP) is 8.85. The molecule has 206 valence electrons. The molecule has 0 spiro atoms. The highest BCUT2D eigenvalue weighted by Gasteiger charge is 2.13. The molecular weight excluding hydrogens is 523 g/mol. The SMILES string of the molecule is C=C(CO)C(=O)OCCc1ccc(-c2ccc(-c3ccc(-c4ccc(CCCCC)cc4)cc3)cc2Cl)c(F)c1. The second kappa shape index (κ2) is 14.1. The highest BCUT2D eigenvalue weighted by atomic mass is 35.5. The number of rotatable bonds is 12. The molecule has 0 heterocycles. The average Bonchev–Trinajstić information content (AvgIpc) is 2.97. The summed E-state index contributed by atoms with van der Waals surface area (Å²) in [6.45, 7) is 5.25. The fourth-order valence-corrected chi connectivity index (χ4v) is 4.85. The van der Waals surface area contributed by atoms with Gasteiger partial charge in [-0.25, -0.2) is 9.18 Å². The molecule has 1 N–H and O–H groups in total. The van der Waals surface area contributed by atoms with Crippen molar-refractivity contribution in [1.82, 2.24) is 0 Å². The van der Waals surface area contributed by atoms with Gasteiger partial charge in [0, 0.05) is 22.6 Å². The number of hydrogen-bond acceptors (Lipinski definition) is 3. The average molecular weight is 557 g/mol. The number of hydrogen-bond donors (Lipinski definition) is 1. The Bertz CT molecular complexity index is 1460. The molecule has 4 aromatic carbocycles. The van der Waals surface area contributed by atoms with Gasteiger partial charge in [-0.1, -0.05) is 111 Å². The van der Waals surface area contributed by atoms with Crippen LogP contribution in [-0.2, 0) is 22.4 Å². The van der Waals surface area contributed by atoms with E-state index in [2.05, 4.69) is 62.0 Å². The first kappa shape index (κ1) is 29.3. The zero-order chi connectivity index (χ0) is 28.5. The maximum Gasteiger partial charge on any atom is 0.335 e. The van der Waals surface area contributed by atoms with E-state index in [4.69, 9.17) is 21.4 Å². The summed E-state index contributed by atoms with van der Waals surface area (Å²) in [4.78, 5) is 11.6. The van der Waals surface area contributed by atoms with Gasteiger partial charge in [0.2, 0.25) is 0 Å². The van der Waals surface area contributed by atoms with Gasteiger partial charge >= 0.3 is 5.97 Å². The molecule has 0 atom stereocenters. The van der Waals surface area contributed by atoms with Crippen LogP contribution in [0.25, 0.3) is 33.4 Å². The first-order valence-electron chi connectivity index (χ1n) is 13.6. The second-order valence-electron chi connectivity index (χ2n) is 9.89. The van der Waals surface area contributed by atoms with Crippen molar-refractivity contribution in [3.05, 3.63) is 119 Å².